The predicted molar refractivity (Wildman–Crippen MR) is 101 cm³/mol. The quantitative estimate of drug-likeness (QED) is 0.609. The standard InChI is InChI=1S/C17H18ClN3O4S/c18-14-9-8-13(12-17(14)21(22)23)26(24,25)19-15-6-2-3-7-16(15)20-10-4-1-5-11-20/h2-3,6-9,12,19H,1,4-5,10-11H2. The van der Waals surface area contributed by atoms with Crippen LogP contribution in [0.3, 0.4) is 0 Å². The van der Waals surface area contributed by atoms with Gasteiger partial charge in [-0.05, 0) is 43.5 Å². The van der Waals surface area contributed by atoms with Gasteiger partial charge in [-0.2, -0.15) is 0 Å². The fourth-order valence-electron chi connectivity index (χ4n) is 2.97. The van der Waals surface area contributed by atoms with E-state index in [0.29, 0.717) is 5.69 Å². The van der Waals surface area contributed by atoms with Gasteiger partial charge in [0, 0.05) is 19.2 Å². The van der Waals surface area contributed by atoms with Crippen LogP contribution in [0.1, 0.15) is 19.3 Å². The topological polar surface area (TPSA) is 92.5 Å². The molecule has 2 aromatic rings. The third-order valence-electron chi connectivity index (χ3n) is 4.27. The van der Waals surface area contributed by atoms with Crippen molar-refractivity contribution < 1.29 is 13.3 Å². The van der Waals surface area contributed by atoms with Gasteiger partial charge in [0.05, 0.1) is 21.2 Å². The van der Waals surface area contributed by atoms with E-state index in [9.17, 15) is 18.5 Å². The van der Waals surface area contributed by atoms with Crippen molar-refractivity contribution in [1.29, 1.82) is 0 Å². The van der Waals surface area contributed by atoms with E-state index in [0.717, 1.165) is 37.7 Å². The van der Waals surface area contributed by atoms with Gasteiger partial charge in [-0.3, -0.25) is 14.8 Å². The molecule has 0 amide bonds. The molecule has 0 aliphatic carbocycles. The van der Waals surface area contributed by atoms with Crippen LogP contribution < -0.4 is 9.62 Å². The van der Waals surface area contributed by atoms with Gasteiger partial charge in [-0.25, -0.2) is 8.42 Å². The lowest BCUT2D eigenvalue weighted by Gasteiger charge is -2.30. The first-order valence-corrected chi connectivity index (χ1v) is 10.1. The number of sulfonamides is 1. The molecule has 1 fully saturated rings. The predicted octanol–water partition coefficient (Wildman–Crippen LogP) is 4.04. The number of halogens is 1. The Balaban J connectivity index is 1.93. The Bertz CT molecular complexity index is 927. The third-order valence-corrected chi connectivity index (χ3v) is 5.95. The van der Waals surface area contributed by atoms with E-state index in [1.165, 1.54) is 18.6 Å². The summed E-state index contributed by atoms with van der Waals surface area (Å²) >= 11 is 5.76. The molecule has 0 aromatic heterocycles. The molecule has 0 radical (unpaired) electrons. The lowest BCUT2D eigenvalue weighted by atomic mass is 10.1. The Hall–Kier alpha value is -2.32. The van der Waals surface area contributed by atoms with Crippen molar-refractivity contribution in [3.63, 3.8) is 0 Å². The van der Waals surface area contributed by atoms with E-state index in [1.807, 2.05) is 12.1 Å². The van der Waals surface area contributed by atoms with Crippen LogP contribution in [0.5, 0.6) is 0 Å². The minimum atomic E-state index is -3.99. The van der Waals surface area contributed by atoms with Crippen molar-refractivity contribution in [3.8, 4) is 0 Å². The average Bonchev–Trinajstić information content (AvgIpc) is 2.62. The number of hydrogen-bond donors (Lipinski definition) is 1. The summed E-state index contributed by atoms with van der Waals surface area (Å²) in [6, 6.07) is 10.6. The normalized spacial score (nSPS) is 14.9. The molecule has 0 spiro atoms. The number of hydrogen-bond acceptors (Lipinski definition) is 5. The van der Waals surface area contributed by atoms with Gasteiger partial charge in [0.15, 0.2) is 0 Å². The van der Waals surface area contributed by atoms with Gasteiger partial charge in [-0.15, -0.1) is 0 Å². The van der Waals surface area contributed by atoms with Gasteiger partial charge in [-0.1, -0.05) is 23.7 Å². The monoisotopic (exact) mass is 395 g/mol. The van der Waals surface area contributed by atoms with E-state index in [-0.39, 0.29) is 9.92 Å². The largest absolute Gasteiger partial charge is 0.370 e. The summed E-state index contributed by atoms with van der Waals surface area (Å²) in [6.07, 6.45) is 3.29. The van der Waals surface area contributed by atoms with Crippen molar-refractivity contribution in [1.82, 2.24) is 0 Å². The lowest BCUT2D eigenvalue weighted by Crippen LogP contribution is -2.30. The third kappa shape index (κ3) is 3.91. The molecule has 1 aliphatic heterocycles. The summed E-state index contributed by atoms with van der Waals surface area (Å²) in [4.78, 5) is 12.3. The Kier molecular flexibility index (Phi) is 5.33. The van der Waals surface area contributed by atoms with Crippen molar-refractivity contribution in [2.45, 2.75) is 24.2 Å². The molecule has 0 bridgehead atoms. The fourth-order valence-corrected chi connectivity index (χ4v) is 4.25. The second-order valence-corrected chi connectivity index (χ2v) is 8.13. The zero-order chi connectivity index (χ0) is 18.7. The van der Waals surface area contributed by atoms with E-state index in [1.54, 1.807) is 12.1 Å². The zero-order valence-electron chi connectivity index (χ0n) is 13.9. The highest BCUT2D eigenvalue weighted by atomic mass is 35.5. The molecule has 1 saturated heterocycles. The molecule has 0 saturated carbocycles. The number of para-hydroxylation sites is 2. The maximum absolute atomic E-state index is 12.7. The number of piperidine rings is 1. The van der Waals surface area contributed by atoms with E-state index in [2.05, 4.69) is 9.62 Å². The molecule has 7 nitrogen and oxygen atoms in total. The molecular formula is C17H18ClN3O4S. The minimum absolute atomic E-state index is 0.109. The fraction of sp³-hybridized carbons (Fsp3) is 0.294. The Morgan fingerprint density at radius 1 is 1.08 bits per heavy atom. The molecule has 0 unspecified atom stereocenters. The van der Waals surface area contributed by atoms with Crippen molar-refractivity contribution in [3.05, 3.63) is 57.6 Å². The zero-order valence-corrected chi connectivity index (χ0v) is 15.5. The summed E-state index contributed by atoms with van der Waals surface area (Å²) < 4.78 is 28.0. The first-order chi connectivity index (χ1) is 12.4. The second kappa shape index (κ2) is 7.51. The number of benzene rings is 2. The highest BCUT2D eigenvalue weighted by Crippen LogP contribution is 2.32. The van der Waals surface area contributed by atoms with Crippen molar-refractivity contribution in [2.24, 2.45) is 0 Å². The van der Waals surface area contributed by atoms with Gasteiger partial charge >= 0.3 is 0 Å². The Morgan fingerprint density at radius 3 is 2.46 bits per heavy atom. The number of anilines is 2. The molecule has 1 aliphatic rings. The minimum Gasteiger partial charge on any atom is -0.370 e. The van der Waals surface area contributed by atoms with Gasteiger partial charge in [0.1, 0.15) is 5.02 Å². The van der Waals surface area contributed by atoms with Crippen molar-refractivity contribution >= 4 is 38.7 Å². The number of nitrogens with one attached hydrogen (secondary N) is 1. The first kappa shape index (κ1) is 18.5. The number of nitro groups is 1. The van der Waals surface area contributed by atoms with Crippen LogP contribution in [0.25, 0.3) is 0 Å². The lowest BCUT2D eigenvalue weighted by molar-refractivity contribution is -0.384. The van der Waals surface area contributed by atoms with Crippen molar-refractivity contribution in [2.75, 3.05) is 22.7 Å². The van der Waals surface area contributed by atoms with E-state index in [4.69, 9.17) is 11.6 Å². The number of nitrogens with zero attached hydrogens (tertiary/aromatic N) is 2. The SMILES string of the molecule is O=[N+]([O-])c1cc(S(=O)(=O)Nc2ccccc2N2CCCCC2)ccc1Cl. The molecule has 0 atom stereocenters. The Morgan fingerprint density at radius 2 is 1.77 bits per heavy atom. The van der Waals surface area contributed by atoms with Crippen LogP contribution >= 0.6 is 11.6 Å². The van der Waals surface area contributed by atoms with Crippen LogP contribution in [-0.2, 0) is 10.0 Å². The molecule has 2 aromatic carbocycles. The highest BCUT2D eigenvalue weighted by Gasteiger charge is 2.23. The van der Waals surface area contributed by atoms with Crippen LogP contribution in [-0.4, -0.2) is 26.4 Å². The molecular weight excluding hydrogens is 378 g/mol. The van der Waals surface area contributed by atoms with Crippen LogP contribution in [0.4, 0.5) is 17.1 Å². The smallest absolute Gasteiger partial charge is 0.289 e. The van der Waals surface area contributed by atoms with E-state index < -0.39 is 20.6 Å². The molecule has 9 heteroatoms. The van der Waals surface area contributed by atoms with Crippen LogP contribution in [0.15, 0.2) is 47.4 Å². The number of nitro benzene ring substituents is 1. The molecule has 1 heterocycles. The first-order valence-electron chi connectivity index (χ1n) is 8.19. The average molecular weight is 396 g/mol. The summed E-state index contributed by atoms with van der Waals surface area (Å²) in [5, 5.41) is 10.9. The Labute approximate surface area is 156 Å². The van der Waals surface area contributed by atoms with Crippen LogP contribution in [0, 0.1) is 10.1 Å². The summed E-state index contributed by atoms with van der Waals surface area (Å²) in [5.74, 6) is 0. The molecule has 26 heavy (non-hydrogen) atoms. The van der Waals surface area contributed by atoms with Gasteiger partial charge in [0.2, 0.25) is 0 Å². The highest BCUT2D eigenvalue weighted by molar-refractivity contribution is 7.92. The summed E-state index contributed by atoms with van der Waals surface area (Å²) in [5.41, 5.74) is 0.810. The maximum Gasteiger partial charge on any atom is 0.289 e. The second-order valence-electron chi connectivity index (χ2n) is 6.04. The number of rotatable bonds is 5. The maximum atomic E-state index is 12.7. The van der Waals surface area contributed by atoms with Gasteiger partial charge < -0.3 is 4.90 Å². The molecule has 138 valence electrons. The molecule has 1 N–H and O–H groups in total. The van der Waals surface area contributed by atoms with Crippen LogP contribution in [0.2, 0.25) is 5.02 Å². The summed E-state index contributed by atoms with van der Waals surface area (Å²) in [7, 11) is -3.99. The summed E-state index contributed by atoms with van der Waals surface area (Å²) in [6.45, 7) is 1.73. The molecule has 3 rings (SSSR count). The van der Waals surface area contributed by atoms with Gasteiger partial charge in [0.25, 0.3) is 15.7 Å². The van der Waals surface area contributed by atoms with E-state index >= 15 is 0 Å².